The maximum Gasteiger partial charge on any atom is 0.125 e. The predicted octanol–water partition coefficient (Wildman–Crippen LogP) is 2.80. The molecule has 102 valence electrons. The Kier molecular flexibility index (Phi) is 5.45. The highest BCUT2D eigenvalue weighted by Gasteiger charge is 2.26. The first-order chi connectivity index (χ1) is 8.36. The smallest absolute Gasteiger partial charge is 0.125 e. The van der Waals surface area contributed by atoms with Crippen LogP contribution in [0.3, 0.4) is 0 Å². The molecule has 18 heavy (non-hydrogen) atoms. The number of hydrogen-bond acceptors (Lipinski definition) is 3. The molecule has 1 aromatic carbocycles. The monoisotopic (exact) mass is 271 g/mol. The Morgan fingerprint density at radius 3 is 2.67 bits per heavy atom. The average Bonchev–Trinajstić information content (AvgIpc) is 2.28. The van der Waals surface area contributed by atoms with Crippen LogP contribution in [-0.2, 0) is 5.60 Å². The number of aliphatic hydroxyl groups is 1. The minimum Gasteiger partial charge on any atom is -0.496 e. The van der Waals surface area contributed by atoms with Crippen LogP contribution in [0, 0.1) is 5.92 Å². The van der Waals surface area contributed by atoms with E-state index < -0.39 is 5.60 Å². The van der Waals surface area contributed by atoms with Gasteiger partial charge in [-0.3, -0.25) is 0 Å². The molecule has 4 heteroatoms. The van der Waals surface area contributed by atoms with Crippen LogP contribution in [0.25, 0.3) is 0 Å². The van der Waals surface area contributed by atoms with Gasteiger partial charge in [0.2, 0.25) is 0 Å². The molecular formula is C14H22ClNO2. The van der Waals surface area contributed by atoms with Crippen LogP contribution in [0.5, 0.6) is 5.75 Å². The molecule has 0 spiro atoms. The van der Waals surface area contributed by atoms with Gasteiger partial charge in [0, 0.05) is 17.1 Å². The normalized spacial score (nSPS) is 14.6. The second-order valence-electron chi connectivity index (χ2n) is 5.14. The second kappa shape index (κ2) is 6.41. The molecule has 0 bridgehead atoms. The van der Waals surface area contributed by atoms with E-state index >= 15 is 0 Å². The van der Waals surface area contributed by atoms with Crippen molar-refractivity contribution in [2.45, 2.75) is 26.4 Å². The fraction of sp³-hybridized carbons (Fsp3) is 0.571. The first kappa shape index (κ1) is 15.3. The predicted molar refractivity (Wildman–Crippen MR) is 75.3 cm³/mol. The molecule has 1 unspecified atom stereocenters. The van der Waals surface area contributed by atoms with Crippen molar-refractivity contribution >= 4 is 11.6 Å². The van der Waals surface area contributed by atoms with Gasteiger partial charge in [0.15, 0.2) is 0 Å². The highest BCUT2D eigenvalue weighted by molar-refractivity contribution is 6.30. The van der Waals surface area contributed by atoms with E-state index in [1.807, 2.05) is 0 Å². The molecule has 0 aliphatic carbocycles. The molecule has 0 aromatic heterocycles. The van der Waals surface area contributed by atoms with Crippen LogP contribution in [0.15, 0.2) is 18.2 Å². The number of methoxy groups -OCH3 is 1. The lowest BCUT2D eigenvalue weighted by Crippen LogP contribution is -2.37. The lowest BCUT2D eigenvalue weighted by atomic mass is 9.94. The number of benzene rings is 1. The summed E-state index contributed by atoms with van der Waals surface area (Å²) in [7, 11) is 1.59. The van der Waals surface area contributed by atoms with E-state index in [0.717, 1.165) is 6.54 Å². The molecule has 1 aromatic rings. The summed E-state index contributed by atoms with van der Waals surface area (Å²) in [6.45, 7) is 7.33. The first-order valence-electron chi connectivity index (χ1n) is 6.14. The molecule has 0 saturated heterocycles. The van der Waals surface area contributed by atoms with Crippen molar-refractivity contribution in [1.82, 2.24) is 5.32 Å². The van der Waals surface area contributed by atoms with Gasteiger partial charge in [-0.15, -0.1) is 0 Å². The van der Waals surface area contributed by atoms with Gasteiger partial charge in [-0.05, 0) is 37.6 Å². The third-order valence-electron chi connectivity index (χ3n) is 2.76. The van der Waals surface area contributed by atoms with Crippen molar-refractivity contribution in [3.8, 4) is 5.75 Å². The minimum atomic E-state index is -1.01. The second-order valence-corrected chi connectivity index (χ2v) is 5.58. The SMILES string of the molecule is COc1ccc(Cl)cc1C(C)(O)CNCC(C)C. The first-order valence-corrected chi connectivity index (χ1v) is 6.51. The summed E-state index contributed by atoms with van der Waals surface area (Å²) in [4.78, 5) is 0. The molecule has 0 heterocycles. The summed E-state index contributed by atoms with van der Waals surface area (Å²) in [5.74, 6) is 1.19. The number of rotatable bonds is 6. The zero-order valence-electron chi connectivity index (χ0n) is 11.5. The van der Waals surface area contributed by atoms with Crippen molar-refractivity contribution in [2.75, 3.05) is 20.2 Å². The van der Waals surface area contributed by atoms with Gasteiger partial charge < -0.3 is 15.2 Å². The topological polar surface area (TPSA) is 41.5 Å². The Hall–Kier alpha value is -0.770. The largest absolute Gasteiger partial charge is 0.496 e. The van der Waals surface area contributed by atoms with E-state index in [0.29, 0.717) is 28.8 Å². The molecule has 1 rings (SSSR count). The lowest BCUT2D eigenvalue weighted by molar-refractivity contribution is 0.0538. The van der Waals surface area contributed by atoms with Crippen LogP contribution in [0.4, 0.5) is 0 Å². The van der Waals surface area contributed by atoms with Crippen molar-refractivity contribution in [3.05, 3.63) is 28.8 Å². The Morgan fingerprint density at radius 1 is 1.44 bits per heavy atom. The van der Waals surface area contributed by atoms with E-state index in [1.165, 1.54) is 0 Å². The quantitative estimate of drug-likeness (QED) is 0.836. The molecule has 0 aliphatic rings. The molecule has 1 atom stereocenters. The fourth-order valence-corrected chi connectivity index (χ4v) is 1.97. The van der Waals surface area contributed by atoms with Crippen molar-refractivity contribution < 1.29 is 9.84 Å². The third kappa shape index (κ3) is 4.16. The summed E-state index contributed by atoms with van der Waals surface area (Å²) in [5.41, 5.74) is -0.306. The maximum atomic E-state index is 10.5. The van der Waals surface area contributed by atoms with Crippen LogP contribution in [-0.4, -0.2) is 25.3 Å². The molecule has 0 aliphatic heterocycles. The third-order valence-corrected chi connectivity index (χ3v) is 3.00. The zero-order chi connectivity index (χ0) is 13.8. The Bertz CT molecular complexity index is 391. The van der Waals surface area contributed by atoms with Crippen molar-refractivity contribution in [2.24, 2.45) is 5.92 Å². The highest BCUT2D eigenvalue weighted by atomic mass is 35.5. The van der Waals surface area contributed by atoms with E-state index in [9.17, 15) is 5.11 Å². The van der Waals surface area contributed by atoms with Crippen LogP contribution in [0.1, 0.15) is 26.3 Å². The Morgan fingerprint density at radius 2 is 2.11 bits per heavy atom. The lowest BCUT2D eigenvalue weighted by Gasteiger charge is -2.26. The summed E-state index contributed by atoms with van der Waals surface area (Å²) in [6, 6.07) is 5.27. The van der Waals surface area contributed by atoms with Gasteiger partial charge in [0.05, 0.1) is 7.11 Å². The summed E-state index contributed by atoms with van der Waals surface area (Å²) >= 11 is 5.98. The highest BCUT2D eigenvalue weighted by Crippen LogP contribution is 2.31. The molecule has 0 fully saturated rings. The van der Waals surface area contributed by atoms with E-state index in [1.54, 1.807) is 32.2 Å². The number of hydrogen-bond donors (Lipinski definition) is 2. The van der Waals surface area contributed by atoms with Gasteiger partial charge in [0.1, 0.15) is 11.4 Å². The molecule has 2 N–H and O–H groups in total. The number of nitrogens with one attached hydrogen (secondary N) is 1. The molecular weight excluding hydrogens is 250 g/mol. The van der Waals surface area contributed by atoms with Crippen molar-refractivity contribution in [3.63, 3.8) is 0 Å². The van der Waals surface area contributed by atoms with Gasteiger partial charge in [-0.1, -0.05) is 25.4 Å². The van der Waals surface area contributed by atoms with Crippen LogP contribution < -0.4 is 10.1 Å². The molecule has 0 saturated carbocycles. The fourth-order valence-electron chi connectivity index (χ4n) is 1.80. The van der Waals surface area contributed by atoms with Crippen LogP contribution >= 0.6 is 11.6 Å². The van der Waals surface area contributed by atoms with E-state index in [-0.39, 0.29) is 0 Å². The number of ether oxygens (including phenoxy) is 1. The molecule has 0 radical (unpaired) electrons. The standard InChI is InChI=1S/C14H22ClNO2/c1-10(2)8-16-9-14(3,17)12-7-11(15)5-6-13(12)18-4/h5-7,10,16-17H,8-9H2,1-4H3. The number of halogens is 1. The van der Waals surface area contributed by atoms with Gasteiger partial charge in [-0.25, -0.2) is 0 Å². The maximum absolute atomic E-state index is 10.5. The summed E-state index contributed by atoms with van der Waals surface area (Å²) < 4.78 is 5.27. The van der Waals surface area contributed by atoms with E-state index in [4.69, 9.17) is 16.3 Å². The molecule has 0 amide bonds. The van der Waals surface area contributed by atoms with Gasteiger partial charge >= 0.3 is 0 Å². The van der Waals surface area contributed by atoms with Gasteiger partial charge in [-0.2, -0.15) is 0 Å². The zero-order valence-corrected chi connectivity index (χ0v) is 12.2. The van der Waals surface area contributed by atoms with E-state index in [2.05, 4.69) is 19.2 Å². The van der Waals surface area contributed by atoms with Crippen molar-refractivity contribution in [1.29, 1.82) is 0 Å². The Labute approximate surface area is 114 Å². The van der Waals surface area contributed by atoms with Crippen LogP contribution in [0.2, 0.25) is 5.02 Å². The molecule has 3 nitrogen and oxygen atoms in total. The Balaban J connectivity index is 2.85. The average molecular weight is 272 g/mol. The summed E-state index contributed by atoms with van der Waals surface area (Å²) in [5, 5.41) is 14.4. The summed E-state index contributed by atoms with van der Waals surface area (Å²) in [6.07, 6.45) is 0. The minimum absolute atomic E-state index is 0.460. The van der Waals surface area contributed by atoms with Gasteiger partial charge in [0.25, 0.3) is 0 Å².